The molecule has 5 atom stereocenters. The van der Waals surface area contributed by atoms with E-state index in [1.807, 2.05) is 0 Å². The maximum Gasteiger partial charge on any atom is 0.245 e. The number of phenols is 2. The molecule has 0 aromatic heterocycles. The van der Waals surface area contributed by atoms with Gasteiger partial charge in [-0.05, 0) is 65.9 Å². The molecular formula is C29H41N7O8. The number of fused-ring (bicyclic) bond motifs is 5. The Morgan fingerprint density at radius 1 is 0.955 bits per heavy atom. The minimum atomic E-state index is -1.44. The molecule has 240 valence electrons. The van der Waals surface area contributed by atoms with E-state index in [0.29, 0.717) is 23.1 Å². The fourth-order valence-electron chi connectivity index (χ4n) is 4.65. The summed E-state index contributed by atoms with van der Waals surface area (Å²) >= 11 is 0. The highest BCUT2D eigenvalue weighted by atomic mass is 16.3. The van der Waals surface area contributed by atoms with Gasteiger partial charge in [0.25, 0.3) is 0 Å². The number of nitrogens with two attached hydrogens (primary N) is 3. The van der Waals surface area contributed by atoms with Crippen LogP contribution in [0.15, 0.2) is 36.4 Å². The van der Waals surface area contributed by atoms with Crippen molar-refractivity contribution in [1.29, 1.82) is 0 Å². The molecule has 0 saturated carbocycles. The molecule has 1 aliphatic rings. The number of carbonyl (C=O) groups is 4. The highest BCUT2D eigenvalue weighted by Crippen LogP contribution is 2.31. The van der Waals surface area contributed by atoms with Gasteiger partial charge >= 0.3 is 0 Å². The van der Waals surface area contributed by atoms with Gasteiger partial charge in [0, 0.05) is 25.9 Å². The fraction of sp³-hybridized carbons (Fsp3) is 0.448. The molecular weight excluding hydrogens is 574 g/mol. The van der Waals surface area contributed by atoms with E-state index in [4.69, 9.17) is 17.2 Å². The third kappa shape index (κ3) is 9.11. The predicted octanol–water partition coefficient (Wildman–Crippen LogP) is -3.19. The van der Waals surface area contributed by atoms with Crippen molar-refractivity contribution in [2.45, 2.75) is 56.0 Å². The number of aliphatic hydroxyl groups is 2. The van der Waals surface area contributed by atoms with Crippen LogP contribution in [0, 0.1) is 0 Å². The SMILES string of the molecule is NCCC[C@@H]1NC(=O)[C@@H](N)Cc2cc(ccc2O)-c2ccc(O)c(c2)C[C@@H](C(=O)N[C@@H](CO)C(=O)NCC(O)CN)NC1=O. The standard InChI is InChI=1S/C29H41N7O8/c30-7-1-2-21-28(43)35-22(29(44)36-23(14-37)27(42)33-13-19(38)12-31)11-18-9-16(4-6-25(18)40)15-3-5-24(39)17(8-15)10-20(32)26(41)34-21/h3-6,8-9,19-23,37-40H,1-2,7,10-14,30-32H2,(H,33,42)(H,34,41)(H,35,43)(H,36,44)/t19?,20-,21-,22-,23-/m0/s1. The number of aliphatic hydroxyl groups excluding tert-OH is 2. The predicted molar refractivity (Wildman–Crippen MR) is 160 cm³/mol. The zero-order valence-corrected chi connectivity index (χ0v) is 24.2. The highest BCUT2D eigenvalue weighted by molar-refractivity contribution is 5.95. The molecule has 15 nitrogen and oxygen atoms in total. The van der Waals surface area contributed by atoms with E-state index in [-0.39, 0.29) is 56.0 Å². The summed E-state index contributed by atoms with van der Waals surface area (Å²) in [5.74, 6) is -3.33. The van der Waals surface area contributed by atoms with Gasteiger partial charge in [-0.1, -0.05) is 12.1 Å². The van der Waals surface area contributed by atoms with Gasteiger partial charge in [-0.3, -0.25) is 19.2 Å². The summed E-state index contributed by atoms with van der Waals surface area (Å²) in [6, 6.07) is 4.29. The van der Waals surface area contributed by atoms with E-state index in [1.54, 1.807) is 24.3 Å². The van der Waals surface area contributed by atoms with Crippen LogP contribution in [0.1, 0.15) is 24.0 Å². The molecule has 3 rings (SSSR count). The summed E-state index contributed by atoms with van der Waals surface area (Å²) in [5.41, 5.74) is 19.0. The van der Waals surface area contributed by atoms with Crippen molar-refractivity contribution in [1.82, 2.24) is 21.3 Å². The van der Waals surface area contributed by atoms with Crippen molar-refractivity contribution >= 4 is 23.6 Å². The molecule has 44 heavy (non-hydrogen) atoms. The molecule has 0 spiro atoms. The molecule has 2 aromatic rings. The maximum atomic E-state index is 13.5. The molecule has 0 aliphatic carbocycles. The maximum absolute atomic E-state index is 13.5. The number of nitrogens with one attached hydrogen (secondary N) is 4. The minimum Gasteiger partial charge on any atom is -0.508 e. The number of hydrogen-bond acceptors (Lipinski definition) is 11. The van der Waals surface area contributed by atoms with Crippen molar-refractivity contribution in [3.8, 4) is 22.6 Å². The lowest BCUT2D eigenvalue weighted by Crippen LogP contribution is -2.59. The highest BCUT2D eigenvalue weighted by Gasteiger charge is 2.31. The Balaban J connectivity index is 2.02. The van der Waals surface area contributed by atoms with E-state index >= 15 is 0 Å². The Bertz CT molecular complexity index is 1340. The van der Waals surface area contributed by atoms with Crippen LogP contribution < -0.4 is 38.5 Å². The Hall–Kier alpha value is -4.28. The Morgan fingerprint density at radius 3 is 2.14 bits per heavy atom. The second-order valence-electron chi connectivity index (χ2n) is 10.6. The largest absolute Gasteiger partial charge is 0.508 e. The van der Waals surface area contributed by atoms with Crippen LogP contribution in [0.3, 0.4) is 0 Å². The number of rotatable bonds is 10. The third-order valence-corrected chi connectivity index (χ3v) is 7.26. The number of benzene rings is 2. The Morgan fingerprint density at radius 2 is 1.57 bits per heavy atom. The summed E-state index contributed by atoms with van der Waals surface area (Å²) in [5, 5.41) is 50.5. The third-order valence-electron chi connectivity index (χ3n) is 7.26. The first-order valence-electron chi connectivity index (χ1n) is 14.2. The van der Waals surface area contributed by atoms with Gasteiger partial charge < -0.3 is 58.9 Å². The smallest absolute Gasteiger partial charge is 0.245 e. The van der Waals surface area contributed by atoms with Gasteiger partial charge in [0.1, 0.15) is 29.6 Å². The molecule has 0 saturated heterocycles. The quantitative estimate of drug-likeness (QED) is 0.127. The van der Waals surface area contributed by atoms with E-state index in [1.165, 1.54) is 12.1 Å². The zero-order valence-electron chi connectivity index (χ0n) is 24.2. The minimum absolute atomic E-state index is 0.0420. The number of aromatic hydroxyl groups is 2. The molecule has 14 N–H and O–H groups in total. The molecule has 1 heterocycles. The van der Waals surface area contributed by atoms with Gasteiger partial charge in [-0.15, -0.1) is 0 Å². The molecule has 0 fully saturated rings. The van der Waals surface area contributed by atoms with E-state index in [9.17, 15) is 39.6 Å². The molecule has 1 unspecified atom stereocenters. The normalized spacial score (nSPS) is 20.2. The second-order valence-corrected chi connectivity index (χ2v) is 10.6. The summed E-state index contributed by atoms with van der Waals surface area (Å²) in [6.45, 7) is -0.922. The molecule has 0 radical (unpaired) electrons. The van der Waals surface area contributed by atoms with Gasteiger partial charge in [0.05, 0.1) is 18.8 Å². The lowest BCUT2D eigenvalue weighted by atomic mass is 9.95. The summed E-state index contributed by atoms with van der Waals surface area (Å²) < 4.78 is 0. The van der Waals surface area contributed by atoms with Crippen LogP contribution in [0.2, 0.25) is 0 Å². The zero-order chi connectivity index (χ0) is 32.4. The lowest BCUT2D eigenvalue weighted by Gasteiger charge is -2.26. The average Bonchev–Trinajstić information content (AvgIpc) is 3.01. The monoisotopic (exact) mass is 615 g/mol. The van der Waals surface area contributed by atoms with Crippen LogP contribution >= 0.6 is 0 Å². The summed E-state index contributed by atoms with van der Waals surface area (Å²) in [4.78, 5) is 52.6. The van der Waals surface area contributed by atoms with Gasteiger partial charge in [0.15, 0.2) is 0 Å². The first-order chi connectivity index (χ1) is 21.0. The Labute approximate surface area is 254 Å². The van der Waals surface area contributed by atoms with Crippen molar-refractivity contribution in [3.63, 3.8) is 0 Å². The van der Waals surface area contributed by atoms with Crippen LogP contribution in [-0.4, -0.2) is 101 Å². The van der Waals surface area contributed by atoms with Crippen molar-refractivity contribution in [2.75, 3.05) is 26.2 Å². The lowest BCUT2D eigenvalue weighted by molar-refractivity contribution is -0.134. The topological polar surface area (TPSA) is 275 Å². The number of carbonyl (C=O) groups excluding carboxylic acids is 4. The van der Waals surface area contributed by atoms with Gasteiger partial charge in [0.2, 0.25) is 23.6 Å². The van der Waals surface area contributed by atoms with E-state index < -0.39 is 60.5 Å². The first-order valence-corrected chi connectivity index (χ1v) is 14.2. The Kier molecular flexibility index (Phi) is 12.4. The van der Waals surface area contributed by atoms with Crippen molar-refractivity contribution in [3.05, 3.63) is 47.5 Å². The van der Waals surface area contributed by atoms with Crippen LogP contribution in [-0.2, 0) is 32.0 Å². The summed E-state index contributed by atoms with van der Waals surface area (Å²) in [6.07, 6.45) is -0.866. The molecule has 4 amide bonds. The van der Waals surface area contributed by atoms with Gasteiger partial charge in [-0.2, -0.15) is 0 Å². The molecule has 2 aromatic carbocycles. The van der Waals surface area contributed by atoms with Gasteiger partial charge in [-0.25, -0.2) is 0 Å². The van der Waals surface area contributed by atoms with Crippen LogP contribution in [0.25, 0.3) is 11.1 Å². The average molecular weight is 616 g/mol. The molecule has 1 aliphatic heterocycles. The fourth-order valence-corrected chi connectivity index (χ4v) is 4.65. The summed E-state index contributed by atoms with van der Waals surface area (Å²) in [7, 11) is 0. The van der Waals surface area contributed by atoms with E-state index in [0.717, 1.165) is 0 Å². The molecule has 15 heteroatoms. The van der Waals surface area contributed by atoms with Crippen LogP contribution in [0.4, 0.5) is 0 Å². The van der Waals surface area contributed by atoms with Crippen molar-refractivity contribution < 1.29 is 39.6 Å². The number of amides is 4. The first kappa shape index (κ1) is 34.2. The van der Waals surface area contributed by atoms with E-state index in [2.05, 4.69) is 21.3 Å². The van der Waals surface area contributed by atoms with Crippen molar-refractivity contribution in [2.24, 2.45) is 17.2 Å². The number of hydrogen-bond donors (Lipinski definition) is 11. The second kappa shape index (κ2) is 16.0. The molecule has 4 bridgehead atoms. The van der Waals surface area contributed by atoms with Crippen LogP contribution in [0.5, 0.6) is 11.5 Å². The number of phenolic OH excluding ortho intramolecular Hbond substituents is 2.